The van der Waals surface area contributed by atoms with Crippen LogP contribution in [0.25, 0.3) is 0 Å². The van der Waals surface area contributed by atoms with E-state index in [9.17, 15) is 4.79 Å². The Labute approximate surface area is 88.0 Å². The van der Waals surface area contributed by atoms with Crippen LogP contribution in [0.3, 0.4) is 0 Å². The number of carbonyl (C=O) groups is 1. The van der Waals surface area contributed by atoms with Gasteiger partial charge in [0.05, 0.1) is 17.3 Å². The molecule has 0 aliphatic heterocycles. The Morgan fingerprint density at radius 2 is 2.36 bits per heavy atom. The van der Waals surface area contributed by atoms with Gasteiger partial charge in [-0.05, 0) is 13.3 Å². The van der Waals surface area contributed by atoms with E-state index < -0.39 is 6.04 Å². The summed E-state index contributed by atoms with van der Waals surface area (Å²) in [5.74, 6) is -0.142. The van der Waals surface area contributed by atoms with Crippen LogP contribution in [0, 0.1) is 0 Å². The average Bonchev–Trinajstić information content (AvgIpc) is 2.57. The van der Waals surface area contributed by atoms with Crippen LogP contribution in [0.2, 0.25) is 5.02 Å². The fourth-order valence-corrected chi connectivity index (χ4v) is 1.44. The topological polar surface area (TPSA) is 60.9 Å². The fraction of sp³-hybridized carbons (Fsp3) is 0.556. The van der Waals surface area contributed by atoms with Crippen LogP contribution >= 0.6 is 11.6 Å². The van der Waals surface area contributed by atoms with Crippen LogP contribution in [0.5, 0.6) is 0 Å². The molecule has 4 nitrogen and oxygen atoms in total. The lowest BCUT2D eigenvalue weighted by Gasteiger charge is -2.09. The van der Waals surface area contributed by atoms with Gasteiger partial charge in [0.1, 0.15) is 5.69 Å². The van der Waals surface area contributed by atoms with Gasteiger partial charge in [0.2, 0.25) is 0 Å². The predicted molar refractivity (Wildman–Crippen MR) is 55.5 cm³/mol. The first-order valence-electron chi connectivity index (χ1n) is 4.62. The number of Topliss-reactive ketones (excluding diaryl/α,β-unsaturated/α-hetero) is 1. The molecule has 1 atom stereocenters. The third kappa shape index (κ3) is 1.96. The number of aryl methyl sites for hydroxylation is 1. The molecule has 1 aromatic heterocycles. The highest BCUT2D eigenvalue weighted by atomic mass is 35.5. The van der Waals surface area contributed by atoms with Gasteiger partial charge in [0, 0.05) is 6.54 Å². The molecule has 2 N–H and O–H groups in total. The first-order chi connectivity index (χ1) is 6.61. The molecular weight excluding hydrogens is 202 g/mol. The van der Waals surface area contributed by atoms with Crippen LogP contribution in [0.1, 0.15) is 30.8 Å². The van der Waals surface area contributed by atoms with Crippen LogP contribution in [0.15, 0.2) is 6.20 Å². The van der Waals surface area contributed by atoms with Gasteiger partial charge in [-0.2, -0.15) is 5.10 Å². The van der Waals surface area contributed by atoms with Crippen LogP contribution in [-0.4, -0.2) is 21.6 Å². The van der Waals surface area contributed by atoms with E-state index in [0.717, 1.165) is 0 Å². The smallest absolute Gasteiger partial charge is 0.198 e. The molecule has 0 saturated heterocycles. The second-order valence-electron chi connectivity index (χ2n) is 3.04. The number of hydrogen-bond donors (Lipinski definition) is 1. The molecular formula is C9H14ClN3O. The van der Waals surface area contributed by atoms with Gasteiger partial charge in [-0.3, -0.25) is 9.48 Å². The van der Waals surface area contributed by atoms with Crippen molar-refractivity contribution >= 4 is 17.4 Å². The van der Waals surface area contributed by atoms with E-state index in [-0.39, 0.29) is 5.78 Å². The highest BCUT2D eigenvalue weighted by molar-refractivity contribution is 6.33. The average molecular weight is 216 g/mol. The quantitative estimate of drug-likeness (QED) is 0.774. The van der Waals surface area contributed by atoms with Crippen molar-refractivity contribution in [2.45, 2.75) is 32.9 Å². The lowest BCUT2D eigenvalue weighted by atomic mass is 10.1. The number of ketones is 1. The monoisotopic (exact) mass is 215 g/mol. The van der Waals surface area contributed by atoms with Crippen LogP contribution in [0.4, 0.5) is 0 Å². The Morgan fingerprint density at radius 3 is 2.86 bits per heavy atom. The van der Waals surface area contributed by atoms with Crippen molar-refractivity contribution < 1.29 is 4.79 Å². The summed E-state index contributed by atoms with van der Waals surface area (Å²) >= 11 is 5.86. The largest absolute Gasteiger partial charge is 0.321 e. The van der Waals surface area contributed by atoms with Gasteiger partial charge in [-0.15, -0.1) is 0 Å². The summed E-state index contributed by atoms with van der Waals surface area (Å²) < 4.78 is 1.57. The second-order valence-corrected chi connectivity index (χ2v) is 3.44. The van der Waals surface area contributed by atoms with Crippen molar-refractivity contribution in [1.29, 1.82) is 0 Å². The van der Waals surface area contributed by atoms with Gasteiger partial charge < -0.3 is 5.73 Å². The minimum atomic E-state index is -0.491. The third-order valence-corrected chi connectivity index (χ3v) is 2.38. The zero-order valence-electron chi connectivity index (χ0n) is 8.33. The minimum absolute atomic E-state index is 0.142. The standard InChI is InChI=1S/C9H14ClN3O/c1-3-7(11)9(14)8-6(10)5-12-13(8)4-2/h5,7H,3-4,11H2,1-2H3. The third-order valence-electron chi connectivity index (χ3n) is 2.10. The van der Waals surface area contributed by atoms with Crippen molar-refractivity contribution in [3.8, 4) is 0 Å². The molecule has 1 aromatic rings. The number of aromatic nitrogens is 2. The Bertz CT molecular complexity index is 335. The van der Waals surface area contributed by atoms with Gasteiger partial charge in [0.25, 0.3) is 0 Å². The molecule has 1 heterocycles. The number of halogens is 1. The van der Waals surface area contributed by atoms with Crippen molar-refractivity contribution in [2.75, 3.05) is 0 Å². The van der Waals surface area contributed by atoms with E-state index in [0.29, 0.717) is 23.7 Å². The van der Waals surface area contributed by atoms with E-state index in [1.165, 1.54) is 6.20 Å². The zero-order chi connectivity index (χ0) is 10.7. The molecule has 0 fully saturated rings. The van der Waals surface area contributed by atoms with E-state index in [1.54, 1.807) is 4.68 Å². The SMILES string of the molecule is CCC(N)C(=O)c1c(Cl)cnn1CC. The normalized spacial score (nSPS) is 12.9. The maximum Gasteiger partial charge on any atom is 0.198 e. The number of nitrogens with two attached hydrogens (primary N) is 1. The summed E-state index contributed by atoms with van der Waals surface area (Å²) in [5, 5.41) is 4.36. The van der Waals surface area contributed by atoms with Crippen LogP contribution < -0.4 is 5.73 Å². The predicted octanol–water partition coefficient (Wildman–Crippen LogP) is 1.48. The van der Waals surface area contributed by atoms with Crippen LogP contribution in [-0.2, 0) is 6.54 Å². The Kier molecular flexibility index (Phi) is 3.66. The number of rotatable bonds is 4. The molecule has 0 aliphatic rings. The van der Waals surface area contributed by atoms with Gasteiger partial charge in [0.15, 0.2) is 5.78 Å². The summed E-state index contributed by atoms with van der Waals surface area (Å²) in [6, 6.07) is -0.491. The van der Waals surface area contributed by atoms with Gasteiger partial charge in [-0.25, -0.2) is 0 Å². The molecule has 1 unspecified atom stereocenters. The summed E-state index contributed by atoms with van der Waals surface area (Å²) in [6.07, 6.45) is 2.07. The minimum Gasteiger partial charge on any atom is -0.321 e. The first kappa shape index (κ1) is 11.2. The number of hydrogen-bond acceptors (Lipinski definition) is 3. The van der Waals surface area contributed by atoms with Crippen molar-refractivity contribution in [1.82, 2.24) is 9.78 Å². The second kappa shape index (κ2) is 4.57. The highest BCUT2D eigenvalue weighted by Gasteiger charge is 2.21. The molecule has 5 heteroatoms. The molecule has 0 spiro atoms. The molecule has 0 aliphatic carbocycles. The summed E-state index contributed by atoms with van der Waals surface area (Å²) in [7, 11) is 0. The lowest BCUT2D eigenvalue weighted by Crippen LogP contribution is -2.31. The van der Waals surface area contributed by atoms with E-state index in [1.807, 2.05) is 13.8 Å². The molecule has 0 aromatic carbocycles. The number of nitrogens with zero attached hydrogens (tertiary/aromatic N) is 2. The summed E-state index contributed by atoms with van der Waals surface area (Å²) in [6.45, 7) is 4.38. The first-order valence-corrected chi connectivity index (χ1v) is 5.00. The number of carbonyl (C=O) groups excluding carboxylic acids is 1. The van der Waals surface area contributed by atoms with Crippen molar-refractivity contribution in [3.63, 3.8) is 0 Å². The van der Waals surface area contributed by atoms with E-state index in [2.05, 4.69) is 5.10 Å². The van der Waals surface area contributed by atoms with Crippen molar-refractivity contribution in [2.24, 2.45) is 5.73 Å². The molecule has 0 amide bonds. The maximum absolute atomic E-state index is 11.8. The van der Waals surface area contributed by atoms with Gasteiger partial charge >= 0.3 is 0 Å². The van der Waals surface area contributed by atoms with Crippen molar-refractivity contribution in [3.05, 3.63) is 16.9 Å². The zero-order valence-corrected chi connectivity index (χ0v) is 9.08. The Hall–Kier alpha value is -0.870. The maximum atomic E-state index is 11.8. The molecule has 1 rings (SSSR count). The Morgan fingerprint density at radius 1 is 1.71 bits per heavy atom. The highest BCUT2D eigenvalue weighted by Crippen LogP contribution is 2.17. The van der Waals surface area contributed by atoms with E-state index >= 15 is 0 Å². The fourth-order valence-electron chi connectivity index (χ4n) is 1.21. The molecule has 78 valence electrons. The Balaban J connectivity index is 3.04. The molecule has 0 saturated carbocycles. The molecule has 14 heavy (non-hydrogen) atoms. The van der Waals surface area contributed by atoms with E-state index in [4.69, 9.17) is 17.3 Å². The lowest BCUT2D eigenvalue weighted by molar-refractivity contribution is 0.0949. The van der Waals surface area contributed by atoms with Gasteiger partial charge in [-0.1, -0.05) is 18.5 Å². The summed E-state index contributed by atoms with van der Waals surface area (Å²) in [4.78, 5) is 11.8. The molecule has 0 radical (unpaired) electrons. The molecule has 0 bridgehead atoms. The summed E-state index contributed by atoms with van der Waals surface area (Å²) in [5.41, 5.74) is 6.07.